The number of nitrogens with zero attached hydrogens (tertiary/aromatic N) is 2. The van der Waals surface area contributed by atoms with Crippen molar-refractivity contribution < 1.29 is 14.3 Å². The Morgan fingerprint density at radius 3 is 2.32 bits per heavy atom. The standard InChI is InChI=1S/C21H19N3O4/c1-28-21(27)18-22-14-17(23-19(25)16-10-6-3-7-11-16)20(26)24(18)13-12-15-8-4-2-5-9-15/h2-11,14H,12-13H2,1H3,(H,23,25). The molecule has 0 unspecified atom stereocenters. The Labute approximate surface area is 161 Å². The van der Waals surface area contributed by atoms with Crippen LogP contribution in [-0.2, 0) is 17.7 Å². The van der Waals surface area contributed by atoms with Gasteiger partial charge in [-0.2, -0.15) is 0 Å². The average Bonchev–Trinajstić information content (AvgIpc) is 2.75. The number of carbonyl (C=O) groups is 2. The molecule has 1 N–H and O–H groups in total. The first-order valence-corrected chi connectivity index (χ1v) is 8.68. The molecule has 3 rings (SSSR count). The molecule has 0 aliphatic heterocycles. The second-order valence-electron chi connectivity index (χ2n) is 6.00. The van der Waals surface area contributed by atoms with E-state index in [9.17, 15) is 14.4 Å². The summed E-state index contributed by atoms with van der Waals surface area (Å²) in [6.45, 7) is 0.218. The summed E-state index contributed by atoms with van der Waals surface area (Å²) in [7, 11) is 1.22. The van der Waals surface area contributed by atoms with E-state index < -0.39 is 17.4 Å². The molecule has 0 aliphatic rings. The van der Waals surface area contributed by atoms with E-state index in [1.54, 1.807) is 30.3 Å². The first kappa shape index (κ1) is 19.0. The second kappa shape index (κ2) is 8.77. The van der Waals surface area contributed by atoms with Crippen LogP contribution in [0.4, 0.5) is 5.69 Å². The number of nitrogens with one attached hydrogen (secondary N) is 1. The van der Waals surface area contributed by atoms with Gasteiger partial charge in [0.05, 0.1) is 13.3 Å². The van der Waals surface area contributed by atoms with Gasteiger partial charge >= 0.3 is 5.97 Å². The molecule has 0 atom stereocenters. The smallest absolute Gasteiger partial charge is 0.374 e. The van der Waals surface area contributed by atoms with E-state index in [1.807, 2.05) is 30.3 Å². The number of esters is 1. The van der Waals surface area contributed by atoms with E-state index in [1.165, 1.54) is 17.9 Å². The van der Waals surface area contributed by atoms with Gasteiger partial charge < -0.3 is 10.1 Å². The van der Waals surface area contributed by atoms with Gasteiger partial charge in [-0.05, 0) is 24.1 Å². The summed E-state index contributed by atoms with van der Waals surface area (Å²) in [5, 5.41) is 2.56. The Morgan fingerprint density at radius 1 is 1.04 bits per heavy atom. The van der Waals surface area contributed by atoms with Gasteiger partial charge in [0.2, 0.25) is 5.82 Å². The zero-order valence-corrected chi connectivity index (χ0v) is 15.3. The third-order valence-electron chi connectivity index (χ3n) is 4.17. The predicted molar refractivity (Wildman–Crippen MR) is 104 cm³/mol. The quantitative estimate of drug-likeness (QED) is 0.667. The lowest BCUT2D eigenvalue weighted by molar-refractivity contribution is 0.0578. The van der Waals surface area contributed by atoms with E-state index in [0.717, 1.165) is 5.56 Å². The number of ether oxygens (including phenoxy) is 1. The number of rotatable bonds is 6. The number of methoxy groups -OCH3 is 1. The fourth-order valence-electron chi connectivity index (χ4n) is 2.71. The van der Waals surface area contributed by atoms with Crippen molar-refractivity contribution in [3.05, 3.63) is 94.2 Å². The lowest BCUT2D eigenvalue weighted by atomic mass is 10.1. The predicted octanol–water partition coefficient (Wildman–Crippen LogP) is 2.52. The lowest BCUT2D eigenvalue weighted by Gasteiger charge is -2.13. The molecule has 0 aliphatic carbocycles. The molecule has 7 heteroatoms. The Morgan fingerprint density at radius 2 is 1.68 bits per heavy atom. The maximum Gasteiger partial charge on any atom is 0.374 e. The van der Waals surface area contributed by atoms with Gasteiger partial charge in [-0.15, -0.1) is 0 Å². The van der Waals surface area contributed by atoms with E-state index >= 15 is 0 Å². The highest BCUT2D eigenvalue weighted by atomic mass is 16.5. The van der Waals surface area contributed by atoms with Crippen molar-refractivity contribution in [2.75, 3.05) is 12.4 Å². The number of amides is 1. The van der Waals surface area contributed by atoms with Gasteiger partial charge in [0.15, 0.2) is 0 Å². The molecule has 0 spiro atoms. The molecule has 1 amide bonds. The van der Waals surface area contributed by atoms with Crippen LogP contribution in [0.5, 0.6) is 0 Å². The molecule has 142 valence electrons. The minimum atomic E-state index is -0.717. The largest absolute Gasteiger partial charge is 0.463 e. The van der Waals surface area contributed by atoms with Gasteiger partial charge in [-0.25, -0.2) is 9.78 Å². The molecule has 0 bridgehead atoms. The summed E-state index contributed by atoms with van der Waals surface area (Å²) in [6.07, 6.45) is 1.69. The average molecular weight is 377 g/mol. The maximum absolute atomic E-state index is 12.9. The van der Waals surface area contributed by atoms with Crippen molar-refractivity contribution in [3.8, 4) is 0 Å². The summed E-state index contributed by atoms with van der Waals surface area (Å²) >= 11 is 0. The summed E-state index contributed by atoms with van der Waals surface area (Å²) in [4.78, 5) is 41.3. The van der Waals surface area contributed by atoms with E-state index in [-0.39, 0.29) is 18.1 Å². The van der Waals surface area contributed by atoms with Gasteiger partial charge in [-0.3, -0.25) is 14.2 Å². The minimum Gasteiger partial charge on any atom is -0.463 e. The molecular weight excluding hydrogens is 358 g/mol. The van der Waals surface area contributed by atoms with Crippen molar-refractivity contribution in [1.82, 2.24) is 9.55 Å². The normalized spacial score (nSPS) is 10.3. The Balaban J connectivity index is 1.91. The fraction of sp³-hybridized carbons (Fsp3) is 0.143. The highest BCUT2D eigenvalue weighted by Gasteiger charge is 2.18. The van der Waals surface area contributed by atoms with Crippen LogP contribution in [0.15, 0.2) is 71.7 Å². The molecule has 0 saturated heterocycles. The van der Waals surface area contributed by atoms with Crippen molar-refractivity contribution in [1.29, 1.82) is 0 Å². The number of carbonyl (C=O) groups excluding carboxylic acids is 2. The second-order valence-corrected chi connectivity index (χ2v) is 6.00. The monoisotopic (exact) mass is 377 g/mol. The molecule has 7 nitrogen and oxygen atoms in total. The Hall–Kier alpha value is -3.74. The first-order valence-electron chi connectivity index (χ1n) is 8.68. The summed E-state index contributed by atoms with van der Waals surface area (Å²) in [6, 6.07) is 18.1. The molecule has 3 aromatic rings. The van der Waals surface area contributed by atoms with Crippen molar-refractivity contribution in [2.24, 2.45) is 0 Å². The van der Waals surface area contributed by atoms with Crippen LogP contribution in [0.25, 0.3) is 0 Å². The lowest BCUT2D eigenvalue weighted by Crippen LogP contribution is -2.32. The van der Waals surface area contributed by atoms with Crippen LogP contribution in [0, 0.1) is 0 Å². The summed E-state index contributed by atoms with van der Waals surface area (Å²) in [5.41, 5.74) is 0.893. The molecule has 28 heavy (non-hydrogen) atoms. The van der Waals surface area contributed by atoms with Crippen molar-refractivity contribution in [3.63, 3.8) is 0 Å². The topological polar surface area (TPSA) is 90.3 Å². The highest BCUT2D eigenvalue weighted by Crippen LogP contribution is 2.08. The SMILES string of the molecule is COC(=O)c1ncc(NC(=O)c2ccccc2)c(=O)n1CCc1ccccc1. The number of anilines is 1. The van der Waals surface area contributed by atoms with E-state index in [0.29, 0.717) is 12.0 Å². The van der Waals surface area contributed by atoms with E-state index in [4.69, 9.17) is 4.74 Å². The molecule has 1 aromatic heterocycles. The molecule has 2 aromatic carbocycles. The van der Waals surface area contributed by atoms with Crippen LogP contribution in [0.2, 0.25) is 0 Å². The number of aromatic nitrogens is 2. The number of hydrogen-bond acceptors (Lipinski definition) is 5. The van der Waals surface area contributed by atoms with Crippen LogP contribution in [0.1, 0.15) is 26.5 Å². The van der Waals surface area contributed by atoms with Gasteiger partial charge in [0, 0.05) is 12.1 Å². The minimum absolute atomic E-state index is 0.00503. The highest BCUT2D eigenvalue weighted by molar-refractivity contribution is 6.04. The third kappa shape index (κ3) is 4.32. The number of benzene rings is 2. The van der Waals surface area contributed by atoms with Gasteiger partial charge in [0.1, 0.15) is 5.69 Å². The van der Waals surface area contributed by atoms with Crippen molar-refractivity contribution in [2.45, 2.75) is 13.0 Å². The molecule has 0 fully saturated rings. The third-order valence-corrected chi connectivity index (χ3v) is 4.17. The molecule has 0 radical (unpaired) electrons. The molecule has 1 heterocycles. The zero-order valence-electron chi connectivity index (χ0n) is 15.3. The zero-order chi connectivity index (χ0) is 19.9. The Bertz CT molecular complexity index is 1030. The van der Waals surface area contributed by atoms with E-state index in [2.05, 4.69) is 10.3 Å². The molecule has 0 saturated carbocycles. The van der Waals surface area contributed by atoms with Gasteiger partial charge in [-0.1, -0.05) is 48.5 Å². The van der Waals surface area contributed by atoms with Crippen LogP contribution in [0.3, 0.4) is 0 Å². The van der Waals surface area contributed by atoms with Crippen LogP contribution >= 0.6 is 0 Å². The number of hydrogen-bond donors (Lipinski definition) is 1. The van der Waals surface area contributed by atoms with Crippen LogP contribution < -0.4 is 10.9 Å². The Kier molecular flexibility index (Phi) is 5.96. The van der Waals surface area contributed by atoms with Crippen LogP contribution in [-0.4, -0.2) is 28.5 Å². The summed E-state index contributed by atoms with van der Waals surface area (Å²) < 4.78 is 5.95. The van der Waals surface area contributed by atoms with Gasteiger partial charge in [0.25, 0.3) is 11.5 Å². The summed E-state index contributed by atoms with van der Waals surface area (Å²) in [5.74, 6) is -1.26. The van der Waals surface area contributed by atoms with Crippen molar-refractivity contribution >= 4 is 17.6 Å². The number of aryl methyl sites for hydroxylation is 1. The maximum atomic E-state index is 12.9. The molecular formula is C21H19N3O4. The first-order chi connectivity index (χ1) is 13.6. The fourth-order valence-corrected chi connectivity index (χ4v) is 2.71.